The number of anilines is 1. The fourth-order valence-corrected chi connectivity index (χ4v) is 3.29. The molecule has 1 aromatic heterocycles. The van der Waals surface area contributed by atoms with Crippen LogP contribution in [0.3, 0.4) is 0 Å². The summed E-state index contributed by atoms with van der Waals surface area (Å²) in [7, 11) is 4.11. The van der Waals surface area contributed by atoms with Crippen molar-refractivity contribution in [3.8, 4) is 0 Å². The Morgan fingerprint density at radius 1 is 0.846 bits per heavy atom. The van der Waals surface area contributed by atoms with Crippen molar-refractivity contribution in [3.05, 3.63) is 90.0 Å². The van der Waals surface area contributed by atoms with Gasteiger partial charge in [-0.25, -0.2) is 4.68 Å². The first-order valence-corrected chi connectivity index (χ1v) is 8.83. The van der Waals surface area contributed by atoms with Crippen LogP contribution in [0.4, 0.5) is 5.69 Å². The van der Waals surface area contributed by atoms with Gasteiger partial charge < -0.3 is 4.90 Å². The summed E-state index contributed by atoms with van der Waals surface area (Å²) in [6.07, 6.45) is 0.871. The van der Waals surface area contributed by atoms with Gasteiger partial charge in [-0.3, -0.25) is 0 Å². The number of hydrogen-bond acceptors (Lipinski definition) is 3. The maximum absolute atomic E-state index is 4.48. The molecule has 0 aliphatic heterocycles. The highest BCUT2D eigenvalue weighted by Gasteiger charge is 2.18. The fraction of sp³-hybridized carbons (Fsp3) is 0.182. The number of benzene rings is 3. The first-order valence-electron chi connectivity index (χ1n) is 8.83. The molecule has 0 fully saturated rings. The number of nitrogens with zero attached hydrogens (tertiary/aromatic N) is 4. The zero-order chi connectivity index (χ0) is 17.9. The highest BCUT2D eigenvalue weighted by molar-refractivity contribution is 5.74. The standard InChI is InChI=1S/C22H22N4/c1-25(2)19-14-12-18(13-15-19)22(16-17-8-4-3-5-9-17)26-21-11-7-6-10-20(21)23-24-26/h3-15,22H,16H2,1-2H3. The fourth-order valence-electron chi connectivity index (χ4n) is 3.29. The first-order chi connectivity index (χ1) is 12.7. The molecular formula is C22H22N4. The van der Waals surface area contributed by atoms with E-state index < -0.39 is 0 Å². The Labute approximate surface area is 153 Å². The molecular weight excluding hydrogens is 320 g/mol. The first kappa shape index (κ1) is 16.3. The molecule has 130 valence electrons. The Kier molecular flexibility index (Phi) is 4.40. The van der Waals surface area contributed by atoms with Crippen molar-refractivity contribution in [1.29, 1.82) is 0 Å². The van der Waals surface area contributed by atoms with Crippen LogP contribution in [-0.2, 0) is 6.42 Å². The third-order valence-corrected chi connectivity index (χ3v) is 4.74. The van der Waals surface area contributed by atoms with Crippen LogP contribution in [-0.4, -0.2) is 29.1 Å². The molecule has 26 heavy (non-hydrogen) atoms. The SMILES string of the molecule is CN(C)c1ccc(C(Cc2ccccc2)n2nnc3ccccc32)cc1. The van der Waals surface area contributed by atoms with E-state index in [1.165, 1.54) is 16.8 Å². The van der Waals surface area contributed by atoms with E-state index in [0.29, 0.717) is 0 Å². The summed E-state index contributed by atoms with van der Waals surface area (Å²) in [5.74, 6) is 0. The average Bonchev–Trinajstić information content (AvgIpc) is 3.11. The summed E-state index contributed by atoms with van der Waals surface area (Å²) >= 11 is 0. The van der Waals surface area contributed by atoms with Gasteiger partial charge in [-0.2, -0.15) is 0 Å². The van der Waals surface area contributed by atoms with Crippen molar-refractivity contribution in [2.24, 2.45) is 0 Å². The second-order valence-electron chi connectivity index (χ2n) is 6.71. The van der Waals surface area contributed by atoms with E-state index in [1.807, 2.05) is 22.9 Å². The van der Waals surface area contributed by atoms with Gasteiger partial charge in [0, 0.05) is 19.8 Å². The molecule has 0 aliphatic carbocycles. The number of rotatable bonds is 5. The summed E-state index contributed by atoms with van der Waals surface area (Å²) < 4.78 is 2.05. The van der Waals surface area contributed by atoms with Crippen LogP contribution >= 0.6 is 0 Å². The number of aromatic nitrogens is 3. The topological polar surface area (TPSA) is 34.0 Å². The zero-order valence-corrected chi connectivity index (χ0v) is 15.1. The number of para-hydroxylation sites is 1. The molecule has 3 aromatic carbocycles. The Morgan fingerprint density at radius 2 is 1.54 bits per heavy atom. The molecule has 0 bridgehead atoms. The molecule has 0 saturated carbocycles. The van der Waals surface area contributed by atoms with E-state index in [2.05, 4.69) is 90.0 Å². The van der Waals surface area contributed by atoms with Gasteiger partial charge in [-0.15, -0.1) is 5.10 Å². The predicted octanol–water partition coefficient (Wildman–Crippen LogP) is 4.33. The lowest BCUT2D eigenvalue weighted by Crippen LogP contribution is -2.16. The van der Waals surface area contributed by atoms with Gasteiger partial charge in [-0.05, 0) is 41.8 Å². The number of hydrogen-bond donors (Lipinski definition) is 0. The largest absolute Gasteiger partial charge is 0.378 e. The molecule has 0 spiro atoms. The summed E-state index contributed by atoms with van der Waals surface area (Å²) in [5, 5.41) is 8.84. The molecule has 1 atom stereocenters. The van der Waals surface area contributed by atoms with E-state index in [1.54, 1.807) is 0 Å². The molecule has 4 aromatic rings. The van der Waals surface area contributed by atoms with Gasteiger partial charge in [0.2, 0.25) is 0 Å². The molecule has 4 nitrogen and oxygen atoms in total. The van der Waals surface area contributed by atoms with Gasteiger partial charge in [0.15, 0.2) is 0 Å². The summed E-state index contributed by atoms with van der Waals surface area (Å²) in [6.45, 7) is 0. The molecule has 1 heterocycles. The van der Waals surface area contributed by atoms with E-state index in [0.717, 1.165) is 17.5 Å². The van der Waals surface area contributed by atoms with Crippen molar-refractivity contribution in [2.75, 3.05) is 19.0 Å². The van der Waals surface area contributed by atoms with Crippen LogP contribution in [0.15, 0.2) is 78.9 Å². The van der Waals surface area contributed by atoms with Gasteiger partial charge in [0.05, 0.1) is 11.6 Å². The summed E-state index contributed by atoms with van der Waals surface area (Å²) in [4.78, 5) is 2.11. The zero-order valence-electron chi connectivity index (χ0n) is 15.1. The maximum atomic E-state index is 4.48. The van der Waals surface area contributed by atoms with Crippen molar-refractivity contribution < 1.29 is 0 Å². The molecule has 0 aliphatic rings. The Balaban J connectivity index is 1.79. The van der Waals surface area contributed by atoms with E-state index >= 15 is 0 Å². The molecule has 0 N–H and O–H groups in total. The highest BCUT2D eigenvalue weighted by Crippen LogP contribution is 2.27. The summed E-state index contributed by atoms with van der Waals surface area (Å²) in [5.41, 5.74) is 5.69. The Hall–Kier alpha value is -3.14. The molecule has 1 unspecified atom stereocenters. The van der Waals surface area contributed by atoms with E-state index in [9.17, 15) is 0 Å². The molecule has 0 saturated heterocycles. The minimum absolute atomic E-state index is 0.0982. The van der Waals surface area contributed by atoms with Crippen molar-refractivity contribution >= 4 is 16.7 Å². The van der Waals surface area contributed by atoms with Crippen LogP contribution in [0.1, 0.15) is 17.2 Å². The van der Waals surface area contributed by atoms with Crippen molar-refractivity contribution in [3.63, 3.8) is 0 Å². The Bertz CT molecular complexity index is 988. The minimum atomic E-state index is 0.0982. The van der Waals surface area contributed by atoms with Gasteiger partial charge in [-0.1, -0.05) is 59.8 Å². The quantitative estimate of drug-likeness (QED) is 0.541. The maximum Gasteiger partial charge on any atom is 0.113 e. The smallest absolute Gasteiger partial charge is 0.113 e. The van der Waals surface area contributed by atoms with Crippen molar-refractivity contribution in [1.82, 2.24) is 15.0 Å². The minimum Gasteiger partial charge on any atom is -0.378 e. The lowest BCUT2D eigenvalue weighted by molar-refractivity contribution is 0.518. The van der Waals surface area contributed by atoms with Crippen LogP contribution in [0.25, 0.3) is 11.0 Å². The van der Waals surface area contributed by atoms with E-state index in [4.69, 9.17) is 0 Å². The molecule has 0 amide bonds. The van der Waals surface area contributed by atoms with Crippen LogP contribution < -0.4 is 4.90 Å². The third kappa shape index (κ3) is 3.18. The van der Waals surface area contributed by atoms with Crippen LogP contribution in [0.2, 0.25) is 0 Å². The van der Waals surface area contributed by atoms with Crippen LogP contribution in [0, 0.1) is 0 Å². The normalized spacial score (nSPS) is 12.2. The number of fused-ring (bicyclic) bond motifs is 1. The van der Waals surface area contributed by atoms with Gasteiger partial charge in [0.25, 0.3) is 0 Å². The monoisotopic (exact) mass is 342 g/mol. The second-order valence-corrected chi connectivity index (χ2v) is 6.71. The third-order valence-electron chi connectivity index (χ3n) is 4.74. The lowest BCUT2D eigenvalue weighted by atomic mass is 9.98. The molecule has 4 rings (SSSR count). The molecule has 4 heteroatoms. The van der Waals surface area contributed by atoms with E-state index in [-0.39, 0.29) is 6.04 Å². The summed E-state index contributed by atoms with van der Waals surface area (Å²) in [6, 6.07) is 27.5. The van der Waals surface area contributed by atoms with Crippen molar-refractivity contribution in [2.45, 2.75) is 12.5 Å². The highest BCUT2D eigenvalue weighted by atomic mass is 15.4. The molecule has 0 radical (unpaired) electrons. The van der Waals surface area contributed by atoms with Crippen LogP contribution in [0.5, 0.6) is 0 Å². The average molecular weight is 342 g/mol. The Morgan fingerprint density at radius 3 is 2.27 bits per heavy atom. The van der Waals surface area contributed by atoms with Gasteiger partial charge in [0.1, 0.15) is 5.52 Å². The predicted molar refractivity (Wildman–Crippen MR) is 107 cm³/mol. The lowest BCUT2D eigenvalue weighted by Gasteiger charge is -2.20. The van der Waals surface area contributed by atoms with Gasteiger partial charge >= 0.3 is 0 Å². The second kappa shape index (κ2) is 7.00.